The number of hydrogen-bond acceptors (Lipinski definition) is 4. The maximum Gasteiger partial charge on any atom is 0.416 e. The first-order chi connectivity index (χ1) is 14.8. The highest BCUT2D eigenvalue weighted by Gasteiger charge is 2.30. The molecule has 1 fully saturated rings. The van der Waals surface area contributed by atoms with Crippen molar-refractivity contribution in [1.82, 2.24) is 25.2 Å². The van der Waals surface area contributed by atoms with Crippen molar-refractivity contribution in [2.45, 2.75) is 32.4 Å². The summed E-state index contributed by atoms with van der Waals surface area (Å²) in [6.45, 7) is 4.38. The molecule has 0 bridgehead atoms. The van der Waals surface area contributed by atoms with Gasteiger partial charge in [-0.15, -0.1) is 0 Å². The molecule has 0 aliphatic carbocycles. The number of nitrogens with one attached hydrogen (secondary N) is 2. The Balaban J connectivity index is 1.52. The molecule has 31 heavy (non-hydrogen) atoms. The van der Waals surface area contributed by atoms with E-state index in [-0.39, 0.29) is 5.91 Å². The Hall–Kier alpha value is -2.94. The van der Waals surface area contributed by atoms with Gasteiger partial charge in [-0.3, -0.25) is 4.79 Å². The third kappa shape index (κ3) is 4.71. The lowest BCUT2D eigenvalue weighted by Crippen LogP contribution is -2.31. The summed E-state index contributed by atoms with van der Waals surface area (Å²) in [5, 5.41) is 10.7. The summed E-state index contributed by atoms with van der Waals surface area (Å²) in [5.41, 5.74) is 1.42. The predicted octanol–water partition coefficient (Wildman–Crippen LogP) is 3.84. The van der Waals surface area contributed by atoms with Crippen LogP contribution in [0.5, 0.6) is 0 Å². The van der Waals surface area contributed by atoms with Crippen molar-refractivity contribution in [1.29, 1.82) is 0 Å². The van der Waals surface area contributed by atoms with Gasteiger partial charge in [0.2, 0.25) is 0 Å². The van der Waals surface area contributed by atoms with Crippen LogP contribution < -0.4 is 10.6 Å². The molecule has 0 spiro atoms. The van der Waals surface area contributed by atoms with E-state index in [1.54, 1.807) is 19.1 Å². The van der Waals surface area contributed by atoms with Gasteiger partial charge in [-0.2, -0.15) is 18.3 Å². The van der Waals surface area contributed by atoms with Gasteiger partial charge in [0, 0.05) is 24.4 Å². The van der Waals surface area contributed by atoms with Crippen LogP contribution in [0.15, 0.2) is 36.5 Å². The number of piperidine rings is 1. The Morgan fingerprint density at radius 1 is 1.26 bits per heavy atom. The molecule has 0 atom stereocenters. The molecule has 4 rings (SSSR count). The maximum atomic E-state index is 13.0. The van der Waals surface area contributed by atoms with Crippen molar-refractivity contribution in [2.24, 2.45) is 5.92 Å². The number of alkyl halides is 3. The zero-order valence-corrected chi connectivity index (χ0v) is 17.2. The van der Waals surface area contributed by atoms with Gasteiger partial charge in [-0.1, -0.05) is 12.1 Å². The van der Waals surface area contributed by atoms with Gasteiger partial charge >= 0.3 is 6.18 Å². The lowest BCUT2D eigenvalue weighted by molar-refractivity contribution is -0.137. The van der Waals surface area contributed by atoms with Crippen LogP contribution in [-0.2, 0) is 6.18 Å². The van der Waals surface area contributed by atoms with Crippen LogP contribution in [0.25, 0.3) is 16.9 Å². The minimum Gasteiger partial charge on any atom is -0.352 e. The zero-order chi connectivity index (χ0) is 22.0. The molecule has 3 aromatic rings. The van der Waals surface area contributed by atoms with Crippen LogP contribution in [0.1, 0.15) is 40.9 Å². The van der Waals surface area contributed by atoms with Crippen molar-refractivity contribution in [2.75, 3.05) is 19.6 Å². The molecule has 1 saturated heterocycles. The van der Waals surface area contributed by atoms with Crippen molar-refractivity contribution in [3.8, 4) is 11.3 Å². The smallest absolute Gasteiger partial charge is 0.352 e. The molecule has 164 valence electrons. The van der Waals surface area contributed by atoms with Gasteiger partial charge in [-0.25, -0.2) is 9.50 Å². The van der Waals surface area contributed by atoms with Crippen LogP contribution in [-0.4, -0.2) is 40.1 Å². The van der Waals surface area contributed by atoms with Gasteiger partial charge in [0.05, 0.1) is 22.5 Å². The third-order valence-corrected chi connectivity index (χ3v) is 5.75. The van der Waals surface area contributed by atoms with Crippen molar-refractivity contribution < 1.29 is 18.0 Å². The third-order valence-electron chi connectivity index (χ3n) is 5.75. The first kappa shape index (κ1) is 21.3. The number of aromatic nitrogens is 3. The van der Waals surface area contributed by atoms with Gasteiger partial charge in [0.15, 0.2) is 5.65 Å². The fraction of sp³-hybridized carbons (Fsp3) is 0.409. The number of rotatable bonds is 5. The molecule has 1 amide bonds. The number of carbonyl (C=O) groups is 1. The lowest BCUT2D eigenvalue weighted by atomic mass is 9.95. The normalized spacial score (nSPS) is 15.4. The van der Waals surface area contributed by atoms with Crippen LogP contribution >= 0.6 is 0 Å². The van der Waals surface area contributed by atoms with Gasteiger partial charge in [-0.05, 0) is 57.3 Å². The SMILES string of the molecule is Cc1c(C(=O)NCCC2CCNCC2)cnc2cc(-c3cccc(C(F)(F)F)c3)nn12. The molecule has 0 saturated carbocycles. The molecule has 2 aromatic heterocycles. The number of carbonyl (C=O) groups excluding carboxylic acids is 1. The van der Waals surface area contributed by atoms with E-state index in [1.807, 2.05) is 0 Å². The second-order valence-electron chi connectivity index (χ2n) is 7.87. The molecular formula is C22H24F3N5O. The summed E-state index contributed by atoms with van der Waals surface area (Å²) in [4.78, 5) is 16.9. The first-order valence-corrected chi connectivity index (χ1v) is 10.3. The van der Waals surface area contributed by atoms with E-state index >= 15 is 0 Å². The van der Waals surface area contributed by atoms with Crippen molar-refractivity contribution in [3.63, 3.8) is 0 Å². The quantitative estimate of drug-likeness (QED) is 0.644. The fourth-order valence-corrected chi connectivity index (χ4v) is 3.92. The van der Waals surface area contributed by atoms with Gasteiger partial charge < -0.3 is 10.6 Å². The molecule has 6 nitrogen and oxygen atoms in total. The van der Waals surface area contributed by atoms with Gasteiger partial charge in [0.25, 0.3) is 5.91 Å². The maximum absolute atomic E-state index is 13.0. The predicted molar refractivity (Wildman–Crippen MR) is 111 cm³/mol. The molecule has 1 aliphatic rings. The standard InChI is InChI=1S/C22H24F3N5O/c1-14-18(21(31)27-10-7-15-5-8-26-9-6-15)13-28-20-12-19(29-30(14)20)16-3-2-4-17(11-16)22(23,24)25/h2-4,11-13,15,26H,5-10H2,1H3,(H,27,31). The van der Waals surface area contributed by atoms with E-state index in [2.05, 4.69) is 20.7 Å². The minimum absolute atomic E-state index is 0.225. The Labute approximate surface area is 177 Å². The molecule has 2 N–H and O–H groups in total. The molecule has 1 aromatic carbocycles. The second kappa shape index (κ2) is 8.66. The van der Waals surface area contributed by atoms with E-state index in [0.717, 1.165) is 44.5 Å². The highest BCUT2D eigenvalue weighted by atomic mass is 19.4. The highest BCUT2D eigenvalue weighted by Crippen LogP contribution is 2.32. The van der Waals surface area contributed by atoms with Gasteiger partial charge in [0.1, 0.15) is 0 Å². The zero-order valence-electron chi connectivity index (χ0n) is 17.2. The van der Waals surface area contributed by atoms with Crippen LogP contribution in [0, 0.1) is 12.8 Å². The summed E-state index contributed by atoms with van der Waals surface area (Å²) in [7, 11) is 0. The number of aryl methyl sites for hydroxylation is 1. The van der Waals surface area contributed by atoms with E-state index in [9.17, 15) is 18.0 Å². The van der Waals surface area contributed by atoms with Crippen LogP contribution in [0.4, 0.5) is 13.2 Å². The molecule has 3 heterocycles. The summed E-state index contributed by atoms with van der Waals surface area (Å²) in [6, 6.07) is 6.62. The average Bonchev–Trinajstić information content (AvgIpc) is 3.20. The van der Waals surface area contributed by atoms with E-state index < -0.39 is 11.7 Å². The van der Waals surface area contributed by atoms with Crippen molar-refractivity contribution in [3.05, 3.63) is 53.3 Å². The minimum atomic E-state index is -4.43. The second-order valence-corrected chi connectivity index (χ2v) is 7.87. The van der Waals surface area contributed by atoms with Crippen LogP contribution in [0.2, 0.25) is 0 Å². The fourth-order valence-electron chi connectivity index (χ4n) is 3.92. The molecule has 0 unspecified atom stereocenters. The Morgan fingerprint density at radius 2 is 2.03 bits per heavy atom. The molecule has 9 heteroatoms. The summed E-state index contributed by atoms with van der Waals surface area (Å²) in [6.07, 6.45) is 0.233. The topological polar surface area (TPSA) is 71.3 Å². The largest absolute Gasteiger partial charge is 0.416 e. The molecule has 0 radical (unpaired) electrons. The van der Waals surface area contributed by atoms with Crippen molar-refractivity contribution >= 4 is 11.6 Å². The Morgan fingerprint density at radius 3 is 2.77 bits per heavy atom. The number of nitrogens with zero attached hydrogens (tertiary/aromatic N) is 3. The molecular weight excluding hydrogens is 407 g/mol. The van der Waals surface area contributed by atoms with E-state index in [1.165, 1.54) is 16.8 Å². The number of benzene rings is 1. The summed E-state index contributed by atoms with van der Waals surface area (Å²) in [5.74, 6) is 0.390. The summed E-state index contributed by atoms with van der Waals surface area (Å²) < 4.78 is 40.6. The Bertz CT molecular complexity index is 1090. The van der Waals surface area contributed by atoms with Crippen LogP contribution in [0.3, 0.4) is 0 Å². The Kier molecular flexibility index (Phi) is 5.95. The first-order valence-electron chi connectivity index (χ1n) is 10.3. The number of hydrogen-bond donors (Lipinski definition) is 2. The highest BCUT2D eigenvalue weighted by molar-refractivity contribution is 5.95. The number of fused-ring (bicyclic) bond motifs is 1. The van der Waals surface area contributed by atoms with E-state index in [0.29, 0.717) is 40.6 Å². The molecule has 1 aliphatic heterocycles. The summed E-state index contributed by atoms with van der Waals surface area (Å²) >= 11 is 0. The average molecular weight is 431 g/mol. The lowest BCUT2D eigenvalue weighted by Gasteiger charge is -2.22. The number of halogens is 3. The van der Waals surface area contributed by atoms with E-state index in [4.69, 9.17) is 0 Å². The number of amides is 1. The monoisotopic (exact) mass is 431 g/mol.